The van der Waals surface area contributed by atoms with Crippen molar-refractivity contribution in [1.82, 2.24) is 23.6 Å². The minimum absolute atomic E-state index is 0.0598. The summed E-state index contributed by atoms with van der Waals surface area (Å²) in [7, 11) is -4.41. The Bertz CT molecular complexity index is 1280. The Morgan fingerprint density at radius 3 is 2.59 bits per heavy atom. The van der Waals surface area contributed by atoms with Crippen LogP contribution in [0.3, 0.4) is 0 Å². The summed E-state index contributed by atoms with van der Waals surface area (Å²) in [5, 5.41) is 5.81. The average molecular weight is 545 g/mol. The smallest absolute Gasteiger partial charge is 0.213 e. The third-order valence-corrected chi connectivity index (χ3v) is 10.5. The highest BCUT2D eigenvalue weighted by Gasteiger charge is 2.49. The molecular weight excluding hydrogens is 513 g/mol. The predicted molar refractivity (Wildman–Crippen MR) is 140 cm³/mol. The molecule has 12 heteroatoms. The van der Waals surface area contributed by atoms with Crippen molar-refractivity contribution in [3.05, 3.63) is 35.9 Å². The lowest BCUT2D eigenvalue weighted by atomic mass is 9.95. The summed E-state index contributed by atoms with van der Waals surface area (Å²) in [5.41, 5.74) is 1.86. The fraction of sp³-hybridized carbons (Fsp3) is 0.545. The monoisotopic (exact) mass is 543 g/mol. The van der Waals surface area contributed by atoms with Gasteiger partial charge < -0.3 is 9.30 Å². The lowest BCUT2D eigenvalue weighted by molar-refractivity contribution is 0.0899. The first-order valence-electron chi connectivity index (χ1n) is 11.3. The third-order valence-electron chi connectivity index (χ3n) is 6.28. The molecular formula is C22H31Cl2N5O3SSi. The second kappa shape index (κ2) is 9.55. The summed E-state index contributed by atoms with van der Waals surface area (Å²) in [6, 6.07) is 5.02. The van der Waals surface area contributed by atoms with Crippen molar-refractivity contribution in [3.8, 4) is 11.1 Å². The maximum Gasteiger partial charge on any atom is 0.213 e. The van der Waals surface area contributed by atoms with E-state index in [1.165, 1.54) is 4.31 Å². The van der Waals surface area contributed by atoms with Crippen LogP contribution in [0.15, 0.2) is 30.7 Å². The van der Waals surface area contributed by atoms with Gasteiger partial charge in [-0.25, -0.2) is 13.4 Å². The molecule has 1 saturated heterocycles. The van der Waals surface area contributed by atoms with E-state index in [4.69, 9.17) is 27.9 Å². The highest BCUT2D eigenvalue weighted by molar-refractivity contribution is 7.89. The fourth-order valence-electron chi connectivity index (χ4n) is 4.03. The number of hydrogen-bond donors (Lipinski definition) is 0. The molecule has 0 aromatic carbocycles. The van der Waals surface area contributed by atoms with Crippen LogP contribution in [0.1, 0.15) is 6.92 Å². The zero-order valence-electron chi connectivity index (χ0n) is 20.0. The number of hydrogen-bond acceptors (Lipinski definition) is 5. The quantitative estimate of drug-likeness (QED) is 0.214. The van der Waals surface area contributed by atoms with Gasteiger partial charge in [0.1, 0.15) is 17.9 Å². The molecule has 0 unspecified atom stereocenters. The number of aromatic nitrogens is 4. The molecule has 4 heterocycles. The second-order valence-electron chi connectivity index (χ2n) is 10.0. The van der Waals surface area contributed by atoms with Crippen LogP contribution in [-0.4, -0.2) is 71.5 Å². The summed E-state index contributed by atoms with van der Waals surface area (Å²) in [6.07, 6.45) is 5.57. The molecule has 3 aromatic heterocycles. The Labute approximate surface area is 211 Å². The molecule has 8 nitrogen and oxygen atoms in total. The molecule has 1 fully saturated rings. The maximum absolute atomic E-state index is 12.2. The summed E-state index contributed by atoms with van der Waals surface area (Å²) in [5.74, 6) is 0.293. The highest BCUT2D eigenvalue weighted by atomic mass is 35.5. The Morgan fingerprint density at radius 2 is 1.94 bits per heavy atom. The van der Waals surface area contributed by atoms with Crippen LogP contribution in [0.4, 0.5) is 0 Å². The first-order valence-corrected chi connectivity index (χ1v) is 17.5. The number of nitrogens with zero attached hydrogens (tertiary/aromatic N) is 5. The van der Waals surface area contributed by atoms with E-state index in [9.17, 15) is 8.42 Å². The van der Waals surface area contributed by atoms with Gasteiger partial charge in [-0.15, -0.1) is 11.6 Å². The Morgan fingerprint density at radius 1 is 1.21 bits per heavy atom. The molecule has 34 heavy (non-hydrogen) atoms. The minimum Gasteiger partial charge on any atom is -0.361 e. The maximum atomic E-state index is 12.2. The normalized spacial score (nSPS) is 16.8. The SMILES string of the molecule is CCS(=O)(=O)N1CC(CCl)(n2cc(-c3ccnc4c3ccn4COCC[Si](C)(C)C)c(Cl)n2)C1. The molecule has 1 aliphatic rings. The minimum atomic E-state index is -3.27. The van der Waals surface area contributed by atoms with E-state index in [1.807, 2.05) is 29.1 Å². The zero-order chi connectivity index (χ0) is 24.7. The molecule has 3 aromatic rings. The Hall–Kier alpha value is -1.43. The van der Waals surface area contributed by atoms with Crippen molar-refractivity contribution in [2.45, 2.75) is 44.9 Å². The van der Waals surface area contributed by atoms with Crippen LogP contribution in [0.25, 0.3) is 22.2 Å². The Kier molecular flexibility index (Phi) is 7.21. The summed E-state index contributed by atoms with van der Waals surface area (Å²) in [6.45, 7) is 10.4. The average Bonchev–Trinajstić information content (AvgIpc) is 3.34. The van der Waals surface area contributed by atoms with Crippen molar-refractivity contribution >= 4 is 52.3 Å². The fourth-order valence-corrected chi connectivity index (χ4v) is 6.55. The van der Waals surface area contributed by atoms with Gasteiger partial charge in [0.2, 0.25) is 10.0 Å². The van der Waals surface area contributed by atoms with E-state index in [2.05, 4.69) is 29.7 Å². The molecule has 0 amide bonds. The number of ether oxygens (including phenoxy) is 1. The van der Waals surface area contributed by atoms with Gasteiger partial charge in [0.15, 0.2) is 5.15 Å². The molecule has 0 radical (unpaired) electrons. The van der Waals surface area contributed by atoms with Crippen molar-refractivity contribution in [2.75, 3.05) is 31.3 Å². The van der Waals surface area contributed by atoms with Gasteiger partial charge in [0.05, 0.1) is 11.6 Å². The van der Waals surface area contributed by atoms with Crippen LogP contribution in [0, 0.1) is 0 Å². The number of halogens is 2. The van der Waals surface area contributed by atoms with Crippen LogP contribution in [0.5, 0.6) is 0 Å². The van der Waals surface area contributed by atoms with Crippen LogP contribution >= 0.6 is 23.2 Å². The molecule has 0 N–H and O–H groups in total. The number of rotatable bonds is 10. The molecule has 0 spiro atoms. The zero-order valence-corrected chi connectivity index (χ0v) is 23.3. The van der Waals surface area contributed by atoms with E-state index < -0.39 is 23.6 Å². The summed E-state index contributed by atoms with van der Waals surface area (Å²) in [4.78, 5) is 4.56. The molecule has 0 saturated carbocycles. The lowest BCUT2D eigenvalue weighted by Gasteiger charge is -2.47. The van der Waals surface area contributed by atoms with E-state index in [0.29, 0.717) is 11.9 Å². The van der Waals surface area contributed by atoms with Crippen molar-refractivity contribution in [3.63, 3.8) is 0 Å². The van der Waals surface area contributed by atoms with Gasteiger partial charge in [0.25, 0.3) is 0 Å². The predicted octanol–water partition coefficient (Wildman–Crippen LogP) is 4.46. The van der Waals surface area contributed by atoms with Crippen LogP contribution in [0.2, 0.25) is 30.8 Å². The first kappa shape index (κ1) is 25.7. The number of alkyl halides is 1. The molecule has 1 aliphatic heterocycles. The largest absolute Gasteiger partial charge is 0.361 e. The van der Waals surface area contributed by atoms with Crippen molar-refractivity contribution in [2.24, 2.45) is 0 Å². The van der Waals surface area contributed by atoms with Crippen LogP contribution < -0.4 is 0 Å². The van der Waals surface area contributed by atoms with Gasteiger partial charge in [-0.05, 0) is 30.7 Å². The molecule has 4 rings (SSSR count). The first-order chi connectivity index (χ1) is 16.0. The molecule has 0 aliphatic carbocycles. The van der Waals surface area contributed by atoms with Gasteiger partial charge in [-0.1, -0.05) is 31.2 Å². The standard InChI is InChI=1S/C22H31Cl2N5O3SSi/c1-5-33(30,31)28-14-22(13-23,15-28)29-12-19(20(24)26-29)17-6-8-25-21-18(17)7-9-27(21)16-32-10-11-34(2,3)4/h6-9,12H,5,10-11,13-16H2,1-4H3. The van der Waals surface area contributed by atoms with Gasteiger partial charge in [0, 0.05) is 57.3 Å². The topological polar surface area (TPSA) is 82.2 Å². The van der Waals surface area contributed by atoms with E-state index in [0.717, 1.165) is 34.8 Å². The molecule has 0 bridgehead atoms. The number of pyridine rings is 1. The Balaban J connectivity index is 1.58. The summed E-state index contributed by atoms with van der Waals surface area (Å²) >= 11 is 12.9. The van der Waals surface area contributed by atoms with Crippen LogP contribution in [-0.2, 0) is 27.0 Å². The van der Waals surface area contributed by atoms with Gasteiger partial charge in [-0.2, -0.15) is 9.40 Å². The lowest BCUT2D eigenvalue weighted by Crippen LogP contribution is -2.65. The summed E-state index contributed by atoms with van der Waals surface area (Å²) < 4.78 is 35.5. The third kappa shape index (κ3) is 4.94. The van der Waals surface area contributed by atoms with Gasteiger partial charge >= 0.3 is 0 Å². The number of sulfonamides is 1. The van der Waals surface area contributed by atoms with E-state index in [1.54, 1.807) is 17.8 Å². The van der Waals surface area contributed by atoms with Crippen molar-refractivity contribution < 1.29 is 13.2 Å². The second-order valence-corrected chi connectivity index (χ2v) is 18.5. The highest BCUT2D eigenvalue weighted by Crippen LogP contribution is 2.38. The number of fused-ring (bicyclic) bond motifs is 1. The molecule has 186 valence electrons. The van der Waals surface area contributed by atoms with Crippen molar-refractivity contribution in [1.29, 1.82) is 0 Å². The van der Waals surface area contributed by atoms with E-state index in [-0.39, 0.29) is 24.7 Å². The van der Waals surface area contributed by atoms with E-state index >= 15 is 0 Å². The molecule has 0 atom stereocenters. The van der Waals surface area contributed by atoms with Gasteiger partial charge in [-0.3, -0.25) is 4.68 Å².